The lowest BCUT2D eigenvalue weighted by Crippen LogP contribution is -2.03. The average molecular weight is 388 g/mol. The predicted molar refractivity (Wildman–Crippen MR) is 112 cm³/mol. The van der Waals surface area contributed by atoms with Crippen LogP contribution in [0.5, 0.6) is 11.5 Å². The van der Waals surface area contributed by atoms with E-state index in [1.165, 1.54) is 0 Å². The van der Waals surface area contributed by atoms with Crippen LogP contribution in [0, 0.1) is 0 Å². The molecule has 1 aliphatic heterocycles. The molecule has 0 fully saturated rings. The molecule has 2 aromatic heterocycles. The lowest BCUT2D eigenvalue weighted by atomic mass is 10.2. The van der Waals surface area contributed by atoms with E-state index < -0.39 is 0 Å². The molecule has 146 valence electrons. The summed E-state index contributed by atoms with van der Waals surface area (Å²) in [5, 5.41) is 13.9. The van der Waals surface area contributed by atoms with Crippen molar-refractivity contribution in [1.29, 1.82) is 0 Å². The lowest BCUT2D eigenvalue weighted by Gasteiger charge is -2.05. The maximum Gasteiger partial charge on any atom is 0.265 e. The van der Waals surface area contributed by atoms with Gasteiger partial charge in [0.2, 0.25) is 6.79 Å². The summed E-state index contributed by atoms with van der Waals surface area (Å²) in [6.45, 7) is 3.32. The van der Waals surface area contributed by atoms with Gasteiger partial charge in [-0.3, -0.25) is 0 Å². The van der Waals surface area contributed by atoms with Crippen molar-refractivity contribution < 1.29 is 9.47 Å². The van der Waals surface area contributed by atoms with Crippen LogP contribution >= 0.6 is 0 Å². The van der Waals surface area contributed by atoms with Crippen molar-refractivity contribution in [1.82, 2.24) is 19.7 Å². The first-order chi connectivity index (χ1) is 14.3. The Morgan fingerprint density at radius 2 is 2.03 bits per heavy atom. The average Bonchev–Trinajstić information content (AvgIpc) is 3.34. The van der Waals surface area contributed by atoms with E-state index >= 15 is 0 Å². The summed E-state index contributed by atoms with van der Waals surface area (Å²) in [4.78, 5) is 4.67. The minimum absolute atomic E-state index is 0.250. The van der Waals surface area contributed by atoms with Crippen molar-refractivity contribution >= 4 is 34.2 Å². The molecule has 0 bridgehead atoms. The molecule has 0 radical (unpaired) electrons. The highest BCUT2D eigenvalue weighted by molar-refractivity contribution is 6.04. The molecular formula is C21H20N6O2. The SMILES string of the molecule is CCCCn1c2ccccc2c2nnc(N/N=C/c3ccc4c(c3)OCO4)nc21. The van der Waals surface area contributed by atoms with Gasteiger partial charge in [0, 0.05) is 11.9 Å². The van der Waals surface area contributed by atoms with Crippen LogP contribution in [0.15, 0.2) is 47.6 Å². The summed E-state index contributed by atoms with van der Waals surface area (Å²) in [5.74, 6) is 1.82. The van der Waals surface area contributed by atoms with Gasteiger partial charge >= 0.3 is 0 Å². The number of para-hydroxylation sites is 1. The number of hydrogen-bond donors (Lipinski definition) is 1. The van der Waals surface area contributed by atoms with E-state index in [0.29, 0.717) is 11.7 Å². The van der Waals surface area contributed by atoms with Crippen molar-refractivity contribution in [3.05, 3.63) is 48.0 Å². The van der Waals surface area contributed by atoms with Gasteiger partial charge < -0.3 is 14.0 Å². The van der Waals surface area contributed by atoms with Gasteiger partial charge in [-0.05, 0) is 36.2 Å². The molecule has 0 saturated heterocycles. The molecular weight excluding hydrogens is 368 g/mol. The number of ether oxygens (including phenoxy) is 2. The summed E-state index contributed by atoms with van der Waals surface area (Å²) in [7, 11) is 0. The summed E-state index contributed by atoms with van der Waals surface area (Å²) in [6.07, 6.45) is 3.86. The summed E-state index contributed by atoms with van der Waals surface area (Å²) in [5.41, 5.74) is 6.51. The summed E-state index contributed by atoms with van der Waals surface area (Å²) >= 11 is 0. The van der Waals surface area contributed by atoms with Gasteiger partial charge in [-0.25, -0.2) is 5.43 Å². The van der Waals surface area contributed by atoms with Gasteiger partial charge in [0.05, 0.1) is 11.7 Å². The van der Waals surface area contributed by atoms with Crippen molar-refractivity contribution in [2.24, 2.45) is 5.10 Å². The Morgan fingerprint density at radius 3 is 2.97 bits per heavy atom. The van der Waals surface area contributed by atoms with Gasteiger partial charge in [0.25, 0.3) is 5.95 Å². The predicted octanol–water partition coefficient (Wildman–Crippen LogP) is 3.95. The van der Waals surface area contributed by atoms with E-state index in [1.54, 1.807) is 6.21 Å². The number of nitrogens with one attached hydrogen (secondary N) is 1. The second kappa shape index (κ2) is 7.38. The van der Waals surface area contributed by atoms with Gasteiger partial charge in [-0.2, -0.15) is 10.1 Å². The molecule has 29 heavy (non-hydrogen) atoms. The topological polar surface area (TPSA) is 86.5 Å². The van der Waals surface area contributed by atoms with E-state index in [1.807, 2.05) is 30.3 Å². The first-order valence-electron chi connectivity index (χ1n) is 9.64. The van der Waals surface area contributed by atoms with Crippen LogP contribution in [0.2, 0.25) is 0 Å². The summed E-state index contributed by atoms with van der Waals surface area (Å²) in [6, 6.07) is 13.8. The van der Waals surface area contributed by atoms with Gasteiger partial charge in [0.15, 0.2) is 17.1 Å². The van der Waals surface area contributed by atoms with Crippen molar-refractivity contribution in [3.63, 3.8) is 0 Å². The standard InChI is InChI=1S/C21H20N6O2/c1-2-3-10-27-16-7-5-4-6-15(16)19-20(27)23-21(26-24-19)25-22-12-14-8-9-17-18(11-14)29-13-28-17/h4-9,11-12H,2-3,10,13H2,1H3,(H,23,25,26)/b22-12+. The normalized spacial score (nSPS) is 13.0. The maximum absolute atomic E-state index is 5.38. The first-order valence-corrected chi connectivity index (χ1v) is 9.64. The van der Waals surface area contributed by atoms with Crippen LogP contribution in [0.3, 0.4) is 0 Å². The van der Waals surface area contributed by atoms with Crippen LogP contribution in [0.4, 0.5) is 5.95 Å². The molecule has 8 nitrogen and oxygen atoms in total. The Morgan fingerprint density at radius 1 is 1.14 bits per heavy atom. The number of unbranched alkanes of at least 4 members (excludes halogenated alkanes) is 1. The monoisotopic (exact) mass is 388 g/mol. The van der Waals surface area contributed by atoms with Crippen molar-refractivity contribution in [3.8, 4) is 11.5 Å². The van der Waals surface area contributed by atoms with Crippen LogP contribution in [0.1, 0.15) is 25.3 Å². The molecule has 4 aromatic rings. The van der Waals surface area contributed by atoms with E-state index in [2.05, 4.69) is 49.3 Å². The highest BCUT2D eigenvalue weighted by Crippen LogP contribution is 2.32. The number of fused-ring (bicyclic) bond motifs is 4. The maximum atomic E-state index is 5.38. The molecule has 0 unspecified atom stereocenters. The Labute approximate surface area is 167 Å². The fraction of sp³-hybridized carbons (Fsp3) is 0.238. The number of aromatic nitrogens is 4. The Bertz CT molecular complexity index is 1220. The molecule has 3 heterocycles. The Kier molecular flexibility index (Phi) is 4.44. The fourth-order valence-electron chi connectivity index (χ4n) is 3.45. The molecule has 0 spiro atoms. The number of benzene rings is 2. The third kappa shape index (κ3) is 3.22. The highest BCUT2D eigenvalue weighted by Gasteiger charge is 2.14. The van der Waals surface area contributed by atoms with E-state index in [0.717, 1.165) is 52.8 Å². The quantitative estimate of drug-likeness (QED) is 0.397. The molecule has 0 amide bonds. The van der Waals surface area contributed by atoms with Gasteiger partial charge in [0.1, 0.15) is 5.52 Å². The van der Waals surface area contributed by atoms with E-state index in [9.17, 15) is 0 Å². The number of anilines is 1. The van der Waals surface area contributed by atoms with Crippen molar-refractivity contribution in [2.75, 3.05) is 12.2 Å². The van der Waals surface area contributed by atoms with Gasteiger partial charge in [-0.15, -0.1) is 10.2 Å². The number of rotatable bonds is 6. The van der Waals surface area contributed by atoms with Crippen LogP contribution in [-0.2, 0) is 6.54 Å². The number of nitrogens with zero attached hydrogens (tertiary/aromatic N) is 5. The van der Waals surface area contributed by atoms with E-state index in [4.69, 9.17) is 9.47 Å². The van der Waals surface area contributed by atoms with E-state index in [-0.39, 0.29) is 6.79 Å². The van der Waals surface area contributed by atoms with Crippen molar-refractivity contribution in [2.45, 2.75) is 26.3 Å². The Balaban J connectivity index is 1.44. The molecule has 0 saturated carbocycles. The lowest BCUT2D eigenvalue weighted by molar-refractivity contribution is 0.174. The second-order valence-corrected chi connectivity index (χ2v) is 6.81. The number of hydrazone groups is 1. The molecule has 5 rings (SSSR count). The zero-order chi connectivity index (χ0) is 19.6. The van der Waals surface area contributed by atoms with Gasteiger partial charge in [-0.1, -0.05) is 31.5 Å². The smallest absolute Gasteiger partial charge is 0.265 e. The third-order valence-corrected chi connectivity index (χ3v) is 4.88. The minimum Gasteiger partial charge on any atom is -0.454 e. The molecule has 0 aliphatic carbocycles. The molecule has 2 aromatic carbocycles. The molecule has 0 atom stereocenters. The molecule has 8 heteroatoms. The molecule has 1 aliphatic rings. The highest BCUT2D eigenvalue weighted by atomic mass is 16.7. The minimum atomic E-state index is 0.250. The molecule has 1 N–H and O–H groups in total. The summed E-state index contributed by atoms with van der Waals surface area (Å²) < 4.78 is 12.9. The zero-order valence-corrected chi connectivity index (χ0v) is 16.0. The Hall–Kier alpha value is -3.68. The second-order valence-electron chi connectivity index (χ2n) is 6.81. The first kappa shape index (κ1) is 17.4. The van der Waals surface area contributed by atoms with Crippen LogP contribution in [0.25, 0.3) is 22.1 Å². The zero-order valence-electron chi connectivity index (χ0n) is 16.0. The van der Waals surface area contributed by atoms with Crippen LogP contribution < -0.4 is 14.9 Å². The largest absolute Gasteiger partial charge is 0.454 e. The van der Waals surface area contributed by atoms with Crippen LogP contribution in [-0.4, -0.2) is 32.8 Å². The number of hydrogen-bond acceptors (Lipinski definition) is 7. The fourth-order valence-corrected chi connectivity index (χ4v) is 3.45. The number of aryl methyl sites for hydroxylation is 1. The third-order valence-electron chi connectivity index (χ3n) is 4.88.